The predicted octanol–water partition coefficient (Wildman–Crippen LogP) is 8.37. The SMILES string of the molecule is CNc1cccc(Nc2nc(Cl)nc(N(C)c3ccc4c(O)c(N=Nc5ccc6c(S(=O)(=O)O)cccc6c5C)c(C)cc4c3)n2)c1. The number of phenols is 1. The van der Waals surface area contributed by atoms with Crippen molar-refractivity contribution in [3.05, 3.63) is 95.3 Å². The second kappa shape index (κ2) is 12.4. The van der Waals surface area contributed by atoms with E-state index in [-0.39, 0.29) is 21.9 Å². The van der Waals surface area contributed by atoms with E-state index in [1.165, 1.54) is 6.07 Å². The molecule has 0 radical (unpaired) electrons. The number of phenolic OH excluding ortho intramolecular Hbond substituents is 1. The van der Waals surface area contributed by atoms with E-state index in [1.54, 1.807) is 49.2 Å². The van der Waals surface area contributed by atoms with Gasteiger partial charge in [-0.15, -0.1) is 5.11 Å². The summed E-state index contributed by atoms with van der Waals surface area (Å²) in [6.45, 7) is 3.61. The summed E-state index contributed by atoms with van der Waals surface area (Å²) in [6.07, 6.45) is 0. The van der Waals surface area contributed by atoms with Crippen LogP contribution < -0.4 is 15.5 Å². The van der Waals surface area contributed by atoms with E-state index in [9.17, 15) is 18.1 Å². The van der Waals surface area contributed by atoms with Gasteiger partial charge < -0.3 is 20.6 Å². The van der Waals surface area contributed by atoms with E-state index in [0.717, 1.165) is 22.4 Å². The Morgan fingerprint density at radius 2 is 1.60 bits per heavy atom. The molecule has 0 saturated carbocycles. The molecule has 0 fully saturated rings. The zero-order valence-electron chi connectivity index (χ0n) is 25.7. The third-order valence-corrected chi connectivity index (χ3v) is 8.83. The highest BCUT2D eigenvalue weighted by Gasteiger charge is 2.17. The molecule has 0 aliphatic heterocycles. The molecule has 0 unspecified atom stereocenters. The number of aromatic nitrogens is 3. The van der Waals surface area contributed by atoms with Crippen molar-refractivity contribution < 1.29 is 18.1 Å². The fourth-order valence-electron chi connectivity index (χ4n) is 5.28. The Bertz CT molecular complexity index is 2330. The number of rotatable bonds is 8. The molecule has 0 bridgehead atoms. The summed E-state index contributed by atoms with van der Waals surface area (Å²) in [5, 5.41) is 28.6. The second-order valence-electron chi connectivity index (χ2n) is 10.8. The van der Waals surface area contributed by atoms with Crippen LogP contribution in [0, 0.1) is 13.8 Å². The molecule has 4 N–H and O–H groups in total. The molecule has 0 amide bonds. The minimum atomic E-state index is -4.40. The summed E-state index contributed by atoms with van der Waals surface area (Å²) in [5.41, 5.74) is 4.58. The van der Waals surface area contributed by atoms with Gasteiger partial charge in [-0.2, -0.15) is 28.5 Å². The number of fused-ring (bicyclic) bond motifs is 2. The van der Waals surface area contributed by atoms with Crippen molar-refractivity contribution in [2.45, 2.75) is 18.7 Å². The minimum Gasteiger partial charge on any atom is -0.505 e. The molecule has 1 aromatic heterocycles. The van der Waals surface area contributed by atoms with Gasteiger partial charge in [-0.1, -0.05) is 24.3 Å². The van der Waals surface area contributed by atoms with Gasteiger partial charge in [0.2, 0.25) is 17.2 Å². The second-order valence-corrected chi connectivity index (χ2v) is 12.5. The van der Waals surface area contributed by atoms with E-state index in [0.29, 0.717) is 44.6 Å². The Morgan fingerprint density at radius 3 is 2.36 bits per heavy atom. The fourth-order valence-corrected chi connectivity index (χ4v) is 6.15. The molecule has 6 aromatic rings. The van der Waals surface area contributed by atoms with Crippen LogP contribution in [0.4, 0.5) is 40.3 Å². The highest BCUT2D eigenvalue weighted by Crippen LogP contribution is 2.41. The third-order valence-electron chi connectivity index (χ3n) is 7.75. The predicted molar refractivity (Wildman–Crippen MR) is 185 cm³/mol. The van der Waals surface area contributed by atoms with Crippen LogP contribution in [0.25, 0.3) is 21.5 Å². The molecule has 0 saturated heterocycles. The largest absolute Gasteiger partial charge is 0.505 e. The number of hydrogen-bond donors (Lipinski definition) is 4. The standard InChI is InChI=1S/C33H29ClN8O4S/c1-18-15-20-16-23(42(4)33-38-31(34)37-32(39-33)36-22-8-5-7-21(17-22)35-3)11-12-25(20)30(43)29(18)41-40-27-14-13-26-24(19(27)2)9-6-10-28(26)47(44,45)46/h5-17,35,43H,1-4H3,(H,44,45,46)(H,36,37,38,39). The summed E-state index contributed by atoms with van der Waals surface area (Å²) in [7, 11) is -0.759. The lowest BCUT2D eigenvalue weighted by atomic mass is 10.0. The van der Waals surface area contributed by atoms with E-state index in [1.807, 2.05) is 56.4 Å². The molecule has 0 aliphatic carbocycles. The van der Waals surface area contributed by atoms with Gasteiger partial charge in [0.25, 0.3) is 10.1 Å². The average molecular weight is 669 g/mol. The molecule has 0 aliphatic rings. The van der Waals surface area contributed by atoms with Crippen LogP contribution in [0.1, 0.15) is 11.1 Å². The molecule has 238 valence electrons. The lowest BCUT2D eigenvalue weighted by Gasteiger charge is -2.19. The van der Waals surface area contributed by atoms with E-state index < -0.39 is 10.1 Å². The normalized spacial score (nSPS) is 11.8. The third kappa shape index (κ3) is 6.36. The molecular weight excluding hydrogens is 640 g/mol. The smallest absolute Gasteiger partial charge is 0.295 e. The summed E-state index contributed by atoms with van der Waals surface area (Å²) in [4.78, 5) is 14.7. The van der Waals surface area contributed by atoms with Crippen LogP contribution in [0.3, 0.4) is 0 Å². The van der Waals surface area contributed by atoms with Crippen molar-refractivity contribution >= 4 is 83.6 Å². The van der Waals surface area contributed by atoms with Crippen LogP contribution in [0.5, 0.6) is 5.75 Å². The Morgan fingerprint density at radius 1 is 0.851 bits per heavy atom. The minimum absolute atomic E-state index is 0.0268. The molecule has 14 heteroatoms. The zero-order valence-corrected chi connectivity index (χ0v) is 27.3. The average Bonchev–Trinajstić information content (AvgIpc) is 3.04. The van der Waals surface area contributed by atoms with Crippen molar-refractivity contribution in [3.63, 3.8) is 0 Å². The first-order valence-electron chi connectivity index (χ1n) is 14.3. The first-order valence-corrected chi connectivity index (χ1v) is 16.1. The number of azo groups is 1. The summed E-state index contributed by atoms with van der Waals surface area (Å²) >= 11 is 6.27. The highest BCUT2D eigenvalue weighted by atomic mass is 35.5. The van der Waals surface area contributed by atoms with Gasteiger partial charge >= 0.3 is 0 Å². The summed E-state index contributed by atoms with van der Waals surface area (Å²) in [5.74, 6) is 0.561. The molecule has 47 heavy (non-hydrogen) atoms. The summed E-state index contributed by atoms with van der Waals surface area (Å²) in [6, 6.07) is 22.9. The number of halogens is 1. The van der Waals surface area contributed by atoms with Crippen molar-refractivity contribution in [3.8, 4) is 5.75 Å². The molecule has 0 spiro atoms. The van der Waals surface area contributed by atoms with E-state index in [2.05, 4.69) is 35.8 Å². The summed E-state index contributed by atoms with van der Waals surface area (Å²) < 4.78 is 33.3. The lowest BCUT2D eigenvalue weighted by Crippen LogP contribution is -2.15. The van der Waals surface area contributed by atoms with Gasteiger partial charge in [-0.3, -0.25) is 4.55 Å². The van der Waals surface area contributed by atoms with Gasteiger partial charge in [0.05, 0.1) is 5.69 Å². The maximum Gasteiger partial charge on any atom is 0.295 e. The Kier molecular flexibility index (Phi) is 8.36. The van der Waals surface area contributed by atoms with Crippen LogP contribution in [-0.4, -0.2) is 47.1 Å². The van der Waals surface area contributed by atoms with Crippen molar-refractivity contribution in [2.75, 3.05) is 29.6 Å². The zero-order chi connectivity index (χ0) is 33.5. The van der Waals surface area contributed by atoms with Gasteiger partial charge in [0.15, 0.2) is 5.75 Å². The first-order chi connectivity index (χ1) is 22.4. The molecule has 12 nitrogen and oxygen atoms in total. The van der Waals surface area contributed by atoms with Crippen LogP contribution in [0.15, 0.2) is 94.0 Å². The van der Waals surface area contributed by atoms with Gasteiger partial charge in [0.1, 0.15) is 10.6 Å². The van der Waals surface area contributed by atoms with Crippen LogP contribution in [-0.2, 0) is 10.1 Å². The first kappa shape index (κ1) is 31.6. The van der Waals surface area contributed by atoms with Crippen molar-refractivity contribution in [1.29, 1.82) is 0 Å². The number of benzene rings is 5. The number of aromatic hydroxyl groups is 1. The number of nitrogens with zero attached hydrogens (tertiary/aromatic N) is 6. The molecule has 6 rings (SSSR count). The van der Waals surface area contributed by atoms with Gasteiger partial charge in [-0.25, -0.2) is 0 Å². The van der Waals surface area contributed by atoms with Crippen LogP contribution >= 0.6 is 11.6 Å². The topological polar surface area (TPSA) is 165 Å². The highest BCUT2D eigenvalue weighted by molar-refractivity contribution is 7.86. The Hall–Kier alpha value is -5.37. The van der Waals surface area contributed by atoms with Gasteiger partial charge in [0, 0.05) is 41.9 Å². The number of hydrogen-bond acceptors (Lipinski definition) is 11. The number of nitrogens with one attached hydrogen (secondary N) is 2. The van der Waals surface area contributed by atoms with Crippen molar-refractivity contribution in [1.82, 2.24) is 15.0 Å². The number of aryl methyl sites for hydroxylation is 2. The maximum absolute atomic E-state index is 11.8. The monoisotopic (exact) mass is 668 g/mol. The fraction of sp³-hybridized carbons (Fsp3) is 0.121. The Balaban J connectivity index is 1.30. The lowest BCUT2D eigenvalue weighted by molar-refractivity contribution is 0.482. The maximum atomic E-state index is 11.8. The van der Waals surface area contributed by atoms with Crippen LogP contribution in [0.2, 0.25) is 5.28 Å². The molecule has 1 heterocycles. The Labute approximate surface area is 275 Å². The number of anilines is 5. The van der Waals surface area contributed by atoms with Crippen molar-refractivity contribution in [2.24, 2.45) is 10.2 Å². The molecule has 0 atom stereocenters. The molecule has 5 aromatic carbocycles. The van der Waals surface area contributed by atoms with E-state index in [4.69, 9.17) is 11.6 Å². The van der Waals surface area contributed by atoms with Gasteiger partial charge in [-0.05, 0) is 102 Å². The van der Waals surface area contributed by atoms with E-state index >= 15 is 0 Å². The molecular formula is C33H29ClN8O4S. The quantitative estimate of drug-likeness (QED) is 0.0914.